The third kappa shape index (κ3) is 4.56. The van der Waals surface area contributed by atoms with Crippen LogP contribution >= 0.6 is 0 Å². The van der Waals surface area contributed by atoms with Crippen LogP contribution < -0.4 is 4.90 Å². The van der Waals surface area contributed by atoms with Gasteiger partial charge in [0.1, 0.15) is 17.0 Å². The molecule has 1 aromatic heterocycles. The van der Waals surface area contributed by atoms with Gasteiger partial charge in [0.2, 0.25) is 0 Å². The number of nitrogens with zero attached hydrogens (tertiary/aromatic N) is 2. The van der Waals surface area contributed by atoms with Crippen LogP contribution in [-0.2, 0) is 9.47 Å². The van der Waals surface area contributed by atoms with Gasteiger partial charge in [-0.15, -0.1) is 0 Å². The van der Waals surface area contributed by atoms with Crippen molar-refractivity contribution in [2.75, 3.05) is 19.1 Å². The van der Waals surface area contributed by atoms with Crippen molar-refractivity contribution in [1.82, 2.24) is 4.98 Å². The Hall–Kier alpha value is -2.89. The maximum absolute atomic E-state index is 12.1. The molecule has 1 heterocycles. The second-order valence-corrected chi connectivity index (χ2v) is 6.47. The number of hydrogen-bond donors (Lipinski definition) is 0. The monoisotopic (exact) mass is 342 g/mol. The van der Waals surface area contributed by atoms with Gasteiger partial charge in [0, 0.05) is 18.9 Å². The van der Waals surface area contributed by atoms with Gasteiger partial charge in [0.05, 0.1) is 12.7 Å². The predicted octanol–water partition coefficient (Wildman–Crippen LogP) is 3.59. The maximum atomic E-state index is 12.1. The molecule has 0 fully saturated rings. The second-order valence-electron chi connectivity index (χ2n) is 6.47. The number of ether oxygens (including phenoxy) is 2. The van der Waals surface area contributed by atoms with Gasteiger partial charge in [0.25, 0.3) is 0 Å². The number of methoxy groups -OCH3 is 1. The molecule has 0 atom stereocenters. The van der Waals surface area contributed by atoms with Crippen molar-refractivity contribution in [3.8, 4) is 0 Å². The van der Waals surface area contributed by atoms with Gasteiger partial charge in [-0.2, -0.15) is 0 Å². The zero-order valence-corrected chi connectivity index (χ0v) is 15.1. The first-order valence-electron chi connectivity index (χ1n) is 7.83. The molecule has 2 aromatic rings. The Labute approximate surface area is 147 Å². The topological polar surface area (TPSA) is 68.7 Å². The van der Waals surface area contributed by atoms with E-state index >= 15 is 0 Å². The van der Waals surface area contributed by atoms with Crippen molar-refractivity contribution in [3.63, 3.8) is 0 Å². The zero-order valence-electron chi connectivity index (χ0n) is 15.1. The van der Waals surface area contributed by atoms with Crippen LogP contribution in [-0.4, -0.2) is 36.7 Å². The van der Waals surface area contributed by atoms with Crippen LogP contribution in [0.3, 0.4) is 0 Å². The summed E-state index contributed by atoms with van der Waals surface area (Å²) in [7, 11) is 3.12. The molecular weight excluding hydrogens is 320 g/mol. The fourth-order valence-electron chi connectivity index (χ4n) is 2.21. The number of esters is 2. The summed E-state index contributed by atoms with van der Waals surface area (Å²) in [6.07, 6.45) is 1.60. The van der Waals surface area contributed by atoms with Gasteiger partial charge in [-0.05, 0) is 57.2 Å². The summed E-state index contributed by atoms with van der Waals surface area (Å²) >= 11 is 0. The molecule has 0 N–H and O–H groups in total. The Balaban J connectivity index is 2.26. The largest absolute Gasteiger partial charge is 0.465 e. The SMILES string of the molecule is COC(=O)c1cccnc1N(C)c1ccc(C(=O)OC(C)(C)C)cc1. The average molecular weight is 342 g/mol. The Morgan fingerprint density at radius 3 is 2.24 bits per heavy atom. The number of hydrogen-bond acceptors (Lipinski definition) is 6. The molecule has 0 unspecified atom stereocenters. The van der Waals surface area contributed by atoms with Crippen LogP contribution in [0.5, 0.6) is 0 Å². The molecule has 0 spiro atoms. The summed E-state index contributed by atoms with van der Waals surface area (Å²) in [4.78, 5) is 30.0. The van der Waals surface area contributed by atoms with Gasteiger partial charge in [-0.25, -0.2) is 14.6 Å². The maximum Gasteiger partial charge on any atom is 0.341 e. The first kappa shape index (κ1) is 18.4. The van der Waals surface area contributed by atoms with Gasteiger partial charge < -0.3 is 14.4 Å². The summed E-state index contributed by atoms with van der Waals surface area (Å²) in [6, 6.07) is 10.2. The minimum atomic E-state index is -0.546. The number of anilines is 2. The van der Waals surface area contributed by atoms with E-state index in [1.165, 1.54) is 7.11 Å². The minimum absolute atomic E-state index is 0.365. The molecule has 25 heavy (non-hydrogen) atoms. The second kappa shape index (κ2) is 7.34. The zero-order chi connectivity index (χ0) is 18.6. The van der Waals surface area contributed by atoms with Gasteiger partial charge in [-0.3, -0.25) is 0 Å². The number of carbonyl (C=O) groups is 2. The molecule has 0 amide bonds. The van der Waals surface area contributed by atoms with Gasteiger partial charge in [0.15, 0.2) is 0 Å². The third-order valence-corrected chi connectivity index (χ3v) is 3.40. The number of pyridine rings is 1. The molecule has 0 aliphatic heterocycles. The number of carbonyl (C=O) groups excluding carboxylic acids is 2. The van der Waals surface area contributed by atoms with E-state index in [0.29, 0.717) is 16.9 Å². The molecule has 132 valence electrons. The van der Waals surface area contributed by atoms with Gasteiger partial charge in [-0.1, -0.05) is 0 Å². The lowest BCUT2D eigenvalue weighted by atomic mass is 10.1. The number of rotatable bonds is 4. The van der Waals surface area contributed by atoms with Crippen LogP contribution in [0.1, 0.15) is 41.5 Å². The molecule has 0 radical (unpaired) electrons. The molecule has 2 rings (SSSR count). The summed E-state index contributed by atoms with van der Waals surface area (Å²) in [6.45, 7) is 5.47. The summed E-state index contributed by atoms with van der Waals surface area (Å²) in [5.41, 5.74) is 1.05. The van der Waals surface area contributed by atoms with E-state index in [1.54, 1.807) is 54.5 Å². The smallest absolute Gasteiger partial charge is 0.341 e. The Bertz CT molecular complexity index is 764. The first-order valence-corrected chi connectivity index (χ1v) is 7.83. The van der Waals surface area contributed by atoms with Crippen molar-refractivity contribution >= 4 is 23.4 Å². The average Bonchev–Trinajstić information content (AvgIpc) is 2.59. The summed E-state index contributed by atoms with van der Waals surface area (Å²) in [5.74, 6) is -0.366. The normalized spacial score (nSPS) is 10.9. The standard InChI is InChI=1S/C19H22N2O4/c1-19(2,3)25-17(22)13-8-10-14(11-9-13)21(4)16-15(18(23)24-5)7-6-12-20-16/h6-12H,1-5H3. The van der Waals surface area contributed by atoms with E-state index in [9.17, 15) is 9.59 Å². The van der Waals surface area contributed by atoms with Crippen molar-refractivity contribution in [2.24, 2.45) is 0 Å². The van der Waals surface area contributed by atoms with E-state index in [2.05, 4.69) is 4.98 Å². The van der Waals surface area contributed by atoms with Crippen LogP contribution in [0.2, 0.25) is 0 Å². The number of benzene rings is 1. The van der Waals surface area contributed by atoms with E-state index < -0.39 is 11.6 Å². The Morgan fingerprint density at radius 2 is 1.68 bits per heavy atom. The predicted molar refractivity (Wildman–Crippen MR) is 95.3 cm³/mol. The van der Waals surface area contributed by atoms with Crippen molar-refractivity contribution in [2.45, 2.75) is 26.4 Å². The van der Waals surface area contributed by atoms with Gasteiger partial charge >= 0.3 is 11.9 Å². The lowest BCUT2D eigenvalue weighted by Crippen LogP contribution is -2.24. The molecule has 6 nitrogen and oxygen atoms in total. The van der Waals surface area contributed by atoms with Crippen molar-refractivity contribution < 1.29 is 19.1 Å². The van der Waals surface area contributed by atoms with Crippen LogP contribution in [0.15, 0.2) is 42.6 Å². The fraction of sp³-hybridized carbons (Fsp3) is 0.316. The summed E-state index contributed by atoms with van der Waals surface area (Å²) in [5, 5.41) is 0. The van der Waals surface area contributed by atoms with Crippen molar-refractivity contribution in [1.29, 1.82) is 0 Å². The molecule has 0 aliphatic carbocycles. The first-order chi connectivity index (χ1) is 11.7. The minimum Gasteiger partial charge on any atom is -0.465 e. The Kier molecular flexibility index (Phi) is 5.41. The van der Waals surface area contributed by atoms with E-state index in [0.717, 1.165) is 5.69 Å². The van der Waals surface area contributed by atoms with E-state index in [4.69, 9.17) is 9.47 Å². The molecule has 0 bridgehead atoms. The van der Waals surface area contributed by atoms with Crippen LogP contribution in [0, 0.1) is 0 Å². The highest BCUT2D eigenvalue weighted by Gasteiger charge is 2.19. The molecule has 0 saturated heterocycles. The highest BCUT2D eigenvalue weighted by molar-refractivity contribution is 5.95. The highest BCUT2D eigenvalue weighted by Crippen LogP contribution is 2.26. The summed E-state index contributed by atoms with van der Waals surface area (Å²) < 4.78 is 10.1. The fourth-order valence-corrected chi connectivity index (χ4v) is 2.21. The molecule has 0 aliphatic rings. The highest BCUT2D eigenvalue weighted by atomic mass is 16.6. The quantitative estimate of drug-likeness (QED) is 0.791. The third-order valence-electron chi connectivity index (χ3n) is 3.40. The molecule has 1 aromatic carbocycles. The number of aromatic nitrogens is 1. The Morgan fingerprint density at radius 1 is 1.04 bits per heavy atom. The lowest BCUT2D eigenvalue weighted by molar-refractivity contribution is 0.00694. The lowest BCUT2D eigenvalue weighted by Gasteiger charge is -2.21. The van der Waals surface area contributed by atoms with Crippen LogP contribution in [0.4, 0.5) is 11.5 Å². The van der Waals surface area contributed by atoms with Crippen molar-refractivity contribution in [3.05, 3.63) is 53.7 Å². The molecule has 6 heteroatoms. The molecule has 0 saturated carbocycles. The van der Waals surface area contributed by atoms with E-state index in [1.807, 2.05) is 20.8 Å². The van der Waals surface area contributed by atoms with E-state index in [-0.39, 0.29) is 5.97 Å². The van der Waals surface area contributed by atoms with Crippen LogP contribution in [0.25, 0.3) is 0 Å². The molecular formula is C19H22N2O4.